The minimum atomic E-state index is -0.693. The molecule has 3 N–H and O–H groups in total. The maximum atomic E-state index is 12.9. The van der Waals surface area contributed by atoms with E-state index in [0.717, 1.165) is 22.0 Å². The van der Waals surface area contributed by atoms with E-state index in [9.17, 15) is 9.59 Å². The highest BCUT2D eigenvalue weighted by molar-refractivity contribution is 6.42. The Labute approximate surface area is 173 Å². The molecule has 0 radical (unpaired) electrons. The van der Waals surface area contributed by atoms with E-state index in [1.165, 1.54) is 6.92 Å². The van der Waals surface area contributed by atoms with Crippen molar-refractivity contribution in [2.75, 3.05) is 0 Å². The molecule has 7 heteroatoms. The third kappa shape index (κ3) is 4.66. The predicted octanol–water partition coefficient (Wildman–Crippen LogP) is 4.40. The summed E-state index contributed by atoms with van der Waals surface area (Å²) in [7, 11) is 0. The highest BCUT2D eigenvalue weighted by Crippen LogP contribution is 2.26. The van der Waals surface area contributed by atoms with Crippen molar-refractivity contribution in [3.05, 3.63) is 69.8 Å². The van der Waals surface area contributed by atoms with Crippen LogP contribution in [0.25, 0.3) is 10.9 Å². The largest absolute Gasteiger partial charge is 0.361 e. The third-order valence-corrected chi connectivity index (χ3v) is 5.33. The number of H-pyrrole nitrogens is 1. The SMILES string of the molecule is CC(=O)N[C@@H](Cc1c[nH]c2ccccc12)C(=O)NC(C)c1ccc(Cl)c(Cl)c1. The molecule has 1 heterocycles. The summed E-state index contributed by atoms with van der Waals surface area (Å²) in [5, 5.41) is 7.61. The third-order valence-electron chi connectivity index (χ3n) is 4.60. The molecular weight excluding hydrogens is 397 g/mol. The van der Waals surface area contributed by atoms with Crippen LogP contribution in [-0.4, -0.2) is 22.8 Å². The molecule has 2 amide bonds. The molecule has 0 aliphatic heterocycles. The van der Waals surface area contributed by atoms with E-state index in [-0.39, 0.29) is 17.9 Å². The zero-order chi connectivity index (χ0) is 20.3. The fraction of sp³-hybridized carbons (Fsp3) is 0.238. The van der Waals surface area contributed by atoms with Crippen LogP contribution in [-0.2, 0) is 16.0 Å². The standard InChI is InChI=1S/C21H21Cl2N3O2/c1-12(14-7-8-17(22)18(23)9-14)25-21(28)20(26-13(2)27)10-15-11-24-19-6-4-3-5-16(15)19/h3-9,11-12,20,24H,10H2,1-2H3,(H,25,28)(H,26,27)/t12?,20-/m0/s1. The van der Waals surface area contributed by atoms with Gasteiger partial charge < -0.3 is 15.6 Å². The number of rotatable bonds is 6. The van der Waals surface area contributed by atoms with Crippen molar-refractivity contribution in [3.8, 4) is 0 Å². The Morgan fingerprint density at radius 1 is 1.07 bits per heavy atom. The van der Waals surface area contributed by atoms with Gasteiger partial charge in [0.2, 0.25) is 11.8 Å². The smallest absolute Gasteiger partial charge is 0.243 e. The lowest BCUT2D eigenvalue weighted by Gasteiger charge is -2.21. The summed E-state index contributed by atoms with van der Waals surface area (Å²) >= 11 is 12.0. The second-order valence-electron chi connectivity index (χ2n) is 6.72. The highest BCUT2D eigenvalue weighted by atomic mass is 35.5. The van der Waals surface area contributed by atoms with Crippen LogP contribution >= 0.6 is 23.2 Å². The van der Waals surface area contributed by atoms with Crippen LogP contribution in [0.2, 0.25) is 10.0 Å². The van der Waals surface area contributed by atoms with E-state index in [2.05, 4.69) is 15.6 Å². The average molecular weight is 418 g/mol. The van der Waals surface area contributed by atoms with Crippen molar-refractivity contribution in [1.29, 1.82) is 0 Å². The van der Waals surface area contributed by atoms with Gasteiger partial charge in [0.05, 0.1) is 16.1 Å². The molecule has 2 aromatic carbocycles. The predicted molar refractivity (Wildman–Crippen MR) is 113 cm³/mol. The number of para-hydroxylation sites is 1. The molecule has 0 aliphatic carbocycles. The Balaban J connectivity index is 1.77. The van der Waals surface area contributed by atoms with Crippen LogP contribution in [0.1, 0.15) is 31.0 Å². The van der Waals surface area contributed by atoms with Gasteiger partial charge >= 0.3 is 0 Å². The zero-order valence-electron chi connectivity index (χ0n) is 15.6. The number of amides is 2. The number of hydrogen-bond donors (Lipinski definition) is 3. The topological polar surface area (TPSA) is 74.0 Å². The lowest BCUT2D eigenvalue weighted by Crippen LogP contribution is -2.47. The van der Waals surface area contributed by atoms with Gasteiger partial charge in [-0.15, -0.1) is 0 Å². The average Bonchev–Trinajstić information content (AvgIpc) is 3.06. The van der Waals surface area contributed by atoms with Gasteiger partial charge in [0, 0.05) is 30.4 Å². The zero-order valence-corrected chi connectivity index (χ0v) is 17.1. The number of carbonyl (C=O) groups is 2. The first-order valence-electron chi connectivity index (χ1n) is 8.92. The number of aromatic amines is 1. The summed E-state index contributed by atoms with van der Waals surface area (Å²) in [5.41, 5.74) is 2.78. The second kappa shape index (κ2) is 8.67. The number of hydrogen-bond acceptors (Lipinski definition) is 2. The Morgan fingerprint density at radius 3 is 2.54 bits per heavy atom. The van der Waals surface area contributed by atoms with E-state index in [0.29, 0.717) is 16.5 Å². The van der Waals surface area contributed by atoms with Gasteiger partial charge in [-0.3, -0.25) is 9.59 Å². The van der Waals surface area contributed by atoms with Crippen molar-refractivity contribution in [3.63, 3.8) is 0 Å². The normalized spacial score (nSPS) is 13.1. The maximum Gasteiger partial charge on any atom is 0.243 e. The monoisotopic (exact) mass is 417 g/mol. The molecule has 3 rings (SSSR count). The molecule has 1 unspecified atom stereocenters. The van der Waals surface area contributed by atoms with E-state index in [4.69, 9.17) is 23.2 Å². The Bertz CT molecular complexity index is 1020. The van der Waals surface area contributed by atoms with Crippen molar-refractivity contribution in [2.24, 2.45) is 0 Å². The van der Waals surface area contributed by atoms with E-state index in [1.54, 1.807) is 12.1 Å². The van der Waals surface area contributed by atoms with E-state index < -0.39 is 6.04 Å². The fourth-order valence-corrected chi connectivity index (χ4v) is 3.46. The summed E-state index contributed by atoms with van der Waals surface area (Å²) in [6.07, 6.45) is 2.25. The van der Waals surface area contributed by atoms with Crippen LogP contribution in [0, 0.1) is 0 Å². The van der Waals surface area contributed by atoms with Gasteiger partial charge in [-0.25, -0.2) is 0 Å². The summed E-state index contributed by atoms with van der Waals surface area (Å²) in [4.78, 5) is 27.7. The molecule has 0 spiro atoms. The Hall–Kier alpha value is -2.50. The van der Waals surface area contributed by atoms with Gasteiger partial charge in [-0.05, 0) is 36.2 Å². The summed E-state index contributed by atoms with van der Waals surface area (Å²) in [6.45, 7) is 3.26. The highest BCUT2D eigenvalue weighted by Gasteiger charge is 2.23. The van der Waals surface area contributed by atoms with E-state index in [1.807, 2.05) is 43.5 Å². The van der Waals surface area contributed by atoms with Gasteiger partial charge in [0.15, 0.2) is 0 Å². The molecule has 0 saturated heterocycles. The lowest BCUT2D eigenvalue weighted by molar-refractivity contribution is -0.128. The lowest BCUT2D eigenvalue weighted by atomic mass is 10.0. The van der Waals surface area contributed by atoms with E-state index >= 15 is 0 Å². The first-order valence-corrected chi connectivity index (χ1v) is 9.68. The van der Waals surface area contributed by atoms with Crippen molar-refractivity contribution in [1.82, 2.24) is 15.6 Å². The summed E-state index contributed by atoms with van der Waals surface area (Å²) in [5.74, 6) is -0.527. The van der Waals surface area contributed by atoms with Gasteiger partial charge in [0.25, 0.3) is 0 Å². The van der Waals surface area contributed by atoms with Crippen molar-refractivity contribution >= 4 is 45.9 Å². The molecule has 5 nitrogen and oxygen atoms in total. The van der Waals surface area contributed by atoms with Gasteiger partial charge in [-0.1, -0.05) is 47.5 Å². The second-order valence-corrected chi connectivity index (χ2v) is 7.53. The number of benzene rings is 2. The molecule has 0 saturated carbocycles. The molecule has 2 atom stereocenters. The molecule has 3 aromatic rings. The Kier molecular flexibility index (Phi) is 6.27. The number of carbonyl (C=O) groups excluding carboxylic acids is 2. The molecule has 146 valence electrons. The molecule has 28 heavy (non-hydrogen) atoms. The molecular formula is C21H21Cl2N3O2. The number of halogens is 2. The minimum absolute atomic E-state index is 0.262. The number of aromatic nitrogens is 1. The fourth-order valence-electron chi connectivity index (χ4n) is 3.15. The summed E-state index contributed by atoms with van der Waals surface area (Å²) in [6, 6.07) is 12.1. The molecule has 0 aliphatic rings. The van der Waals surface area contributed by atoms with Gasteiger partial charge in [-0.2, -0.15) is 0 Å². The quantitative estimate of drug-likeness (QED) is 0.555. The molecule has 1 aromatic heterocycles. The van der Waals surface area contributed by atoms with Gasteiger partial charge in [0.1, 0.15) is 6.04 Å². The molecule has 0 fully saturated rings. The first-order chi connectivity index (χ1) is 13.3. The van der Waals surface area contributed by atoms with Crippen molar-refractivity contribution in [2.45, 2.75) is 32.4 Å². The van der Waals surface area contributed by atoms with Crippen molar-refractivity contribution < 1.29 is 9.59 Å². The number of nitrogens with one attached hydrogen (secondary N) is 3. The van der Waals surface area contributed by atoms with Crippen LogP contribution in [0.5, 0.6) is 0 Å². The first kappa shape index (κ1) is 20.2. The summed E-state index contributed by atoms with van der Waals surface area (Å²) < 4.78 is 0. The van der Waals surface area contributed by atoms with Crippen LogP contribution in [0.15, 0.2) is 48.7 Å². The van der Waals surface area contributed by atoms with Crippen LogP contribution in [0.4, 0.5) is 0 Å². The maximum absolute atomic E-state index is 12.9. The molecule has 0 bridgehead atoms. The number of fused-ring (bicyclic) bond motifs is 1. The Morgan fingerprint density at radius 2 is 1.82 bits per heavy atom. The minimum Gasteiger partial charge on any atom is -0.361 e. The van der Waals surface area contributed by atoms with Crippen LogP contribution < -0.4 is 10.6 Å². The van der Waals surface area contributed by atoms with Crippen LogP contribution in [0.3, 0.4) is 0 Å².